The number of aryl methyl sites for hydroxylation is 1. The maximum Gasteiger partial charge on any atom is 0.417 e. The van der Waals surface area contributed by atoms with Gasteiger partial charge in [-0.05, 0) is 30.7 Å². The number of benzene rings is 1. The fourth-order valence-electron chi connectivity index (χ4n) is 3.57. The van der Waals surface area contributed by atoms with E-state index in [1.165, 1.54) is 6.07 Å². The molecule has 0 bridgehead atoms. The standard InChI is InChI=1S/C22H22F3N5O3/c1-15-27-19(28-33-15)14-32-18-6-3-2-5-17(18)21(31)30-10-4-9-29(11-12-30)20-8-7-16(13-26-20)22(23,24)25/h2-3,5-8,13H,4,9-12,14H2,1H3. The van der Waals surface area contributed by atoms with E-state index in [4.69, 9.17) is 9.26 Å². The third-order valence-electron chi connectivity index (χ3n) is 5.23. The minimum absolute atomic E-state index is 0.0645. The summed E-state index contributed by atoms with van der Waals surface area (Å²) >= 11 is 0. The Balaban J connectivity index is 1.41. The molecule has 11 heteroatoms. The van der Waals surface area contributed by atoms with Crippen LogP contribution in [-0.2, 0) is 12.8 Å². The van der Waals surface area contributed by atoms with E-state index < -0.39 is 11.7 Å². The van der Waals surface area contributed by atoms with Crippen LogP contribution in [0.25, 0.3) is 0 Å². The van der Waals surface area contributed by atoms with E-state index in [1.54, 1.807) is 36.1 Å². The summed E-state index contributed by atoms with van der Waals surface area (Å²) in [6.45, 7) is 3.69. The Morgan fingerprint density at radius 2 is 1.94 bits per heavy atom. The molecule has 3 aromatic rings. The molecule has 1 saturated heterocycles. The van der Waals surface area contributed by atoms with Gasteiger partial charge in [0.05, 0.1) is 11.1 Å². The molecule has 1 fully saturated rings. The van der Waals surface area contributed by atoms with Crippen molar-refractivity contribution in [3.05, 3.63) is 65.4 Å². The topological polar surface area (TPSA) is 84.6 Å². The summed E-state index contributed by atoms with van der Waals surface area (Å²) in [7, 11) is 0. The molecule has 1 aromatic carbocycles. The summed E-state index contributed by atoms with van der Waals surface area (Å²) in [6, 6.07) is 9.32. The molecule has 0 radical (unpaired) electrons. The van der Waals surface area contributed by atoms with Gasteiger partial charge < -0.3 is 19.1 Å². The third-order valence-corrected chi connectivity index (χ3v) is 5.23. The van der Waals surface area contributed by atoms with Gasteiger partial charge in [-0.15, -0.1) is 0 Å². The predicted octanol–water partition coefficient (Wildman–Crippen LogP) is 3.72. The summed E-state index contributed by atoms with van der Waals surface area (Å²) in [5.74, 6) is 1.49. The van der Waals surface area contributed by atoms with Gasteiger partial charge in [-0.1, -0.05) is 17.3 Å². The smallest absolute Gasteiger partial charge is 0.417 e. The Bertz CT molecular complexity index is 1100. The minimum atomic E-state index is -4.43. The highest BCUT2D eigenvalue weighted by molar-refractivity contribution is 5.97. The second-order valence-corrected chi connectivity index (χ2v) is 7.55. The summed E-state index contributed by atoms with van der Waals surface area (Å²) < 4.78 is 49.1. The normalized spacial score (nSPS) is 14.8. The number of anilines is 1. The van der Waals surface area contributed by atoms with Gasteiger partial charge in [-0.25, -0.2) is 4.98 Å². The highest BCUT2D eigenvalue weighted by atomic mass is 19.4. The lowest BCUT2D eigenvalue weighted by Gasteiger charge is -2.23. The number of rotatable bonds is 5. The average molecular weight is 461 g/mol. The molecular formula is C22H22F3N5O3. The highest BCUT2D eigenvalue weighted by Gasteiger charge is 2.31. The lowest BCUT2D eigenvalue weighted by molar-refractivity contribution is -0.137. The first kappa shape index (κ1) is 22.6. The molecule has 1 aliphatic rings. The van der Waals surface area contributed by atoms with E-state index >= 15 is 0 Å². The van der Waals surface area contributed by atoms with Crippen LogP contribution in [0.5, 0.6) is 5.75 Å². The van der Waals surface area contributed by atoms with Crippen molar-refractivity contribution in [2.75, 3.05) is 31.1 Å². The third kappa shape index (κ3) is 5.41. The summed E-state index contributed by atoms with van der Waals surface area (Å²) in [4.78, 5) is 24.9. The van der Waals surface area contributed by atoms with E-state index in [1.807, 2.05) is 4.90 Å². The summed E-state index contributed by atoms with van der Waals surface area (Å²) in [5.41, 5.74) is -0.371. The monoisotopic (exact) mass is 461 g/mol. The van der Waals surface area contributed by atoms with E-state index in [-0.39, 0.29) is 12.5 Å². The predicted molar refractivity (Wildman–Crippen MR) is 112 cm³/mol. The molecule has 0 saturated carbocycles. The van der Waals surface area contributed by atoms with Gasteiger partial charge in [-0.2, -0.15) is 18.2 Å². The molecule has 8 nitrogen and oxygen atoms in total. The van der Waals surface area contributed by atoms with Gasteiger partial charge in [0.15, 0.2) is 6.61 Å². The zero-order chi connectivity index (χ0) is 23.4. The van der Waals surface area contributed by atoms with E-state index in [0.717, 1.165) is 12.3 Å². The van der Waals surface area contributed by atoms with Crippen LogP contribution in [0, 0.1) is 6.92 Å². The molecule has 0 spiro atoms. The largest absolute Gasteiger partial charge is 0.485 e. The van der Waals surface area contributed by atoms with Crippen LogP contribution in [0.4, 0.5) is 19.0 Å². The number of hydrogen-bond acceptors (Lipinski definition) is 7. The summed E-state index contributed by atoms with van der Waals surface area (Å²) in [6.07, 6.45) is -2.94. The first-order chi connectivity index (χ1) is 15.8. The molecule has 174 valence electrons. The minimum Gasteiger partial charge on any atom is -0.485 e. The number of halogens is 3. The Kier molecular flexibility index (Phi) is 6.47. The summed E-state index contributed by atoms with van der Waals surface area (Å²) in [5, 5.41) is 3.78. The fourth-order valence-corrected chi connectivity index (χ4v) is 3.57. The fraction of sp³-hybridized carbons (Fsp3) is 0.364. The molecule has 0 N–H and O–H groups in total. The van der Waals surface area contributed by atoms with Crippen LogP contribution >= 0.6 is 0 Å². The van der Waals surface area contributed by atoms with Crippen molar-refractivity contribution in [2.45, 2.75) is 26.1 Å². The Morgan fingerprint density at radius 3 is 2.64 bits per heavy atom. The van der Waals surface area contributed by atoms with Crippen molar-refractivity contribution in [3.63, 3.8) is 0 Å². The molecule has 4 rings (SSSR count). The van der Waals surface area contributed by atoms with Crippen LogP contribution in [0.1, 0.15) is 34.1 Å². The second kappa shape index (κ2) is 9.47. The maximum absolute atomic E-state index is 13.2. The Labute approximate surface area is 188 Å². The Morgan fingerprint density at radius 1 is 1.12 bits per heavy atom. The van der Waals surface area contributed by atoms with Crippen molar-refractivity contribution in [3.8, 4) is 5.75 Å². The van der Waals surface area contributed by atoms with Crippen LogP contribution in [0.3, 0.4) is 0 Å². The average Bonchev–Trinajstić information content (AvgIpc) is 3.07. The van der Waals surface area contributed by atoms with Crippen LogP contribution < -0.4 is 9.64 Å². The molecule has 2 aromatic heterocycles. The van der Waals surface area contributed by atoms with Crippen molar-refractivity contribution in [1.82, 2.24) is 20.0 Å². The number of carbonyl (C=O) groups excluding carboxylic acids is 1. The zero-order valence-corrected chi connectivity index (χ0v) is 17.9. The van der Waals surface area contributed by atoms with Gasteiger partial charge in [0.25, 0.3) is 5.91 Å². The Hall–Kier alpha value is -3.63. The maximum atomic E-state index is 13.2. The molecule has 0 atom stereocenters. The van der Waals surface area contributed by atoms with Gasteiger partial charge in [0, 0.05) is 39.3 Å². The van der Waals surface area contributed by atoms with Crippen molar-refractivity contribution < 1.29 is 27.2 Å². The number of ether oxygens (including phenoxy) is 1. The van der Waals surface area contributed by atoms with E-state index in [2.05, 4.69) is 15.1 Å². The lowest BCUT2D eigenvalue weighted by atomic mass is 10.1. The zero-order valence-electron chi connectivity index (χ0n) is 17.9. The molecule has 0 unspecified atom stereocenters. The van der Waals surface area contributed by atoms with E-state index in [9.17, 15) is 18.0 Å². The van der Waals surface area contributed by atoms with Gasteiger partial charge in [-0.3, -0.25) is 4.79 Å². The number of aromatic nitrogens is 3. The van der Waals surface area contributed by atoms with Gasteiger partial charge >= 0.3 is 6.18 Å². The van der Waals surface area contributed by atoms with Crippen molar-refractivity contribution in [2.24, 2.45) is 0 Å². The van der Waals surface area contributed by atoms with Gasteiger partial charge in [0.1, 0.15) is 11.6 Å². The number of amides is 1. The first-order valence-corrected chi connectivity index (χ1v) is 10.4. The number of carbonyl (C=O) groups is 1. The number of alkyl halides is 3. The van der Waals surface area contributed by atoms with Crippen molar-refractivity contribution in [1.29, 1.82) is 0 Å². The first-order valence-electron chi connectivity index (χ1n) is 10.4. The van der Waals surface area contributed by atoms with Crippen LogP contribution in [-0.4, -0.2) is 52.1 Å². The molecular weight excluding hydrogens is 439 g/mol. The van der Waals surface area contributed by atoms with E-state index in [0.29, 0.717) is 61.4 Å². The van der Waals surface area contributed by atoms with Crippen LogP contribution in [0.2, 0.25) is 0 Å². The molecule has 3 heterocycles. The molecule has 1 aliphatic heterocycles. The molecule has 0 aliphatic carbocycles. The molecule has 1 amide bonds. The number of para-hydroxylation sites is 1. The SMILES string of the molecule is Cc1nc(COc2ccccc2C(=O)N2CCCN(c3ccc(C(F)(F)F)cn3)CC2)no1. The second-order valence-electron chi connectivity index (χ2n) is 7.55. The number of hydrogen-bond donors (Lipinski definition) is 0. The lowest BCUT2D eigenvalue weighted by Crippen LogP contribution is -2.35. The number of pyridine rings is 1. The van der Waals surface area contributed by atoms with Crippen LogP contribution in [0.15, 0.2) is 47.1 Å². The quantitative estimate of drug-likeness (QED) is 0.573. The number of nitrogens with zero attached hydrogens (tertiary/aromatic N) is 5. The van der Waals surface area contributed by atoms with Crippen molar-refractivity contribution >= 4 is 11.7 Å². The van der Waals surface area contributed by atoms with Gasteiger partial charge in [0.2, 0.25) is 11.7 Å². The molecule has 33 heavy (non-hydrogen) atoms. The highest BCUT2D eigenvalue weighted by Crippen LogP contribution is 2.29.